The van der Waals surface area contributed by atoms with Gasteiger partial charge in [0.2, 0.25) is 0 Å². The van der Waals surface area contributed by atoms with Crippen LogP contribution in [0.2, 0.25) is 0 Å². The Kier molecular flexibility index (Phi) is 6.96. The van der Waals surface area contributed by atoms with E-state index in [-0.39, 0.29) is 0 Å². The molecule has 1 heterocycles. The van der Waals surface area contributed by atoms with Gasteiger partial charge in [-0.3, -0.25) is 0 Å². The first-order valence-electron chi connectivity index (χ1n) is 7.58. The molecule has 4 nitrogen and oxygen atoms in total. The number of ether oxygens (including phenoxy) is 3. The normalized spacial score (nSPS) is 25.8. The zero-order valence-electron chi connectivity index (χ0n) is 12.8. The zero-order valence-corrected chi connectivity index (χ0v) is 14.4. The van der Waals surface area contributed by atoms with Gasteiger partial charge in [0.05, 0.1) is 13.2 Å². The maximum Gasteiger partial charge on any atom is 0.120 e. The molecule has 0 aromatic heterocycles. The largest absolute Gasteiger partial charge is 0.491 e. The van der Waals surface area contributed by atoms with Gasteiger partial charge in [0, 0.05) is 4.47 Å². The Morgan fingerprint density at radius 3 is 2.67 bits per heavy atom. The number of halogens is 1. The van der Waals surface area contributed by atoms with E-state index in [0.717, 1.165) is 36.5 Å². The van der Waals surface area contributed by atoms with Crippen molar-refractivity contribution in [1.82, 2.24) is 0 Å². The Morgan fingerprint density at radius 1 is 1.19 bits per heavy atom. The fourth-order valence-corrected chi connectivity index (χ4v) is 3.07. The Bertz CT molecular complexity index is 420. The SMILES string of the molecule is C[C@H]1C[NH+](CCOCCOc2cccc(Br)c2)C[C@H](C)O1. The Balaban J connectivity index is 1.54. The molecule has 1 N–H and O–H groups in total. The number of rotatable bonds is 7. The molecule has 1 aliphatic rings. The standard InChI is InChI=1S/C16H24BrNO3/c1-13-11-18(12-14(2)21-13)6-7-19-8-9-20-16-5-3-4-15(17)10-16/h3-5,10,13-14H,6-9,11-12H2,1-2H3/p+1/t13-,14-/m0/s1. The van der Waals surface area contributed by atoms with Crippen LogP contribution in [0.5, 0.6) is 5.75 Å². The molecule has 0 bridgehead atoms. The molecule has 0 aliphatic carbocycles. The molecule has 0 spiro atoms. The highest BCUT2D eigenvalue weighted by atomic mass is 79.9. The fourth-order valence-electron chi connectivity index (χ4n) is 2.69. The average Bonchev–Trinajstić information content (AvgIpc) is 2.42. The van der Waals surface area contributed by atoms with Crippen molar-refractivity contribution >= 4 is 15.9 Å². The lowest BCUT2D eigenvalue weighted by Gasteiger charge is -2.32. The summed E-state index contributed by atoms with van der Waals surface area (Å²) in [4.78, 5) is 1.56. The highest BCUT2D eigenvalue weighted by molar-refractivity contribution is 9.10. The predicted octanol–water partition coefficient (Wildman–Crippen LogP) is 1.54. The van der Waals surface area contributed by atoms with E-state index in [9.17, 15) is 0 Å². The number of hydrogen-bond acceptors (Lipinski definition) is 3. The van der Waals surface area contributed by atoms with Gasteiger partial charge in [-0.25, -0.2) is 0 Å². The molecule has 1 saturated heterocycles. The topological polar surface area (TPSA) is 32.1 Å². The predicted molar refractivity (Wildman–Crippen MR) is 86.0 cm³/mol. The molecule has 1 aromatic carbocycles. The van der Waals surface area contributed by atoms with Crippen molar-refractivity contribution < 1.29 is 19.1 Å². The summed E-state index contributed by atoms with van der Waals surface area (Å²) in [6, 6.07) is 7.85. The van der Waals surface area contributed by atoms with Crippen LogP contribution in [0.1, 0.15) is 13.8 Å². The van der Waals surface area contributed by atoms with E-state index in [0.29, 0.717) is 25.4 Å². The molecule has 5 heteroatoms. The van der Waals surface area contributed by atoms with E-state index < -0.39 is 0 Å². The minimum Gasteiger partial charge on any atom is -0.491 e. The third kappa shape index (κ3) is 6.34. The minimum atomic E-state index is 0.351. The van der Waals surface area contributed by atoms with Crippen molar-refractivity contribution in [2.24, 2.45) is 0 Å². The summed E-state index contributed by atoms with van der Waals surface area (Å²) >= 11 is 3.43. The van der Waals surface area contributed by atoms with E-state index in [2.05, 4.69) is 29.8 Å². The summed E-state index contributed by atoms with van der Waals surface area (Å²) in [6.45, 7) is 9.45. The number of benzene rings is 1. The number of hydrogen-bond donors (Lipinski definition) is 1. The molecular weight excluding hydrogens is 334 g/mol. The van der Waals surface area contributed by atoms with Crippen LogP contribution in [0.4, 0.5) is 0 Å². The molecule has 118 valence electrons. The molecule has 2 atom stereocenters. The van der Waals surface area contributed by atoms with Gasteiger partial charge in [0.15, 0.2) is 0 Å². The van der Waals surface area contributed by atoms with E-state index >= 15 is 0 Å². The molecule has 1 aliphatic heterocycles. The summed E-state index contributed by atoms with van der Waals surface area (Å²) in [5.41, 5.74) is 0. The van der Waals surface area contributed by atoms with Crippen molar-refractivity contribution in [3.05, 3.63) is 28.7 Å². The molecule has 0 unspecified atom stereocenters. The Morgan fingerprint density at radius 2 is 1.95 bits per heavy atom. The summed E-state index contributed by atoms with van der Waals surface area (Å²) in [5, 5.41) is 0. The van der Waals surface area contributed by atoms with Gasteiger partial charge in [-0.15, -0.1) is 0 Å². The Labute approximate surface area is 135 Å². The molecular formula is C16H25BrNO3+. The molecule has 1 aromatic rings. The molecule has 21 heavy (non-hydrogen) atoms. The lowest BCUT2D eigenvalue weighted by atomic mass is 10.2. The van der Waals surface area contributed by atoms with Crippen molar-refractivity contribution in [3.8, 4) is 5.75 Å². The molecule has 0 radical (unpaired) electrons. The highest BCUT2D eigenvalue weighted by Crippen LogP contribution is 2.17. The van der Waals surface area contributed by atoms with Gasteiger partial charge in [-0.1, -0.05) is 22.0 Å². The molecule has 2 rings (SSSR count). The van der Waals surface area contributed by atoms with Gasteiger partial charge in [0.25, 0.3) is 0 Å². The van der Waals surface area contributed by atoms with E-state index in [1.807, 2.05) is 24.3 Å². The maximum atomic E-state index is 5.73. The van der Waals surface area contributed by atoms with Crippen LogP contribution in [-0.2, 0) is 9.47 Å². The average molecular weight is 359 g/mol. The Hall–Kier alpha value is -0.620. The van der Waals surface area contributed by atoms with E-state index in [4.69, 9.17) is 14.2 Å². The molecule has 1 fully saturated rings. The third-order valence-electron chi connectivity index (χ3n) is 3.51. The number of nitrogens with one attached hydrogen (secondary N) is 1. The lowest BCUT2D eigenvalue weighted by molar-refractivity contribution is -0.915. The second-order valence-electron chi connectivity index (χ2n) is 5.58. The van der Waals surface area contributed by atoms with Crippen LogP contribution in [0, 0.1) is 0 Å². The smallest absolute Gasteiger partial charge is 0.120 e. The first kappa shape index (κ1) is 16.7. The second kappa shape index (κ2) is 8.73. The number of quaternary nitrogens is 1. The van der Waals surface area contributed by atoms with E-state index in [1.54, 1.807) is 4.90 Å². The minimum absolute atomic E-state index is 0.351. The van der Waals surface area contributed by atoms with Crippen LogP contribution < -0.4 is 9.64 Å². The van der Waals surface area contributed by atoms with Crippen LogP contribution in [-0.4, -0.2) is 51.7 Å². The van der Waals surface area contributed by atoms with Crippen LogP contribution >= 0.6 is 15.9 Å². The summed E-state index contributed by atoms with van der Waals surface area (Å²) < 4.78 is 18.1. The van der Waals surface area contributed by atoms with Gasteiger partial charge < -0.3 is 19.1 Å². The fraction of sp³-hybridized carbons (Fsp3) is 0.625. The van der Waals surface area contributed by atoms with Gasteiger partial charge >= 0.3 is 0 Å². The monoisotopic (exact) mass is 358 g/mol. The lowest BCUT2D eigenvalue weighted by Crippen LogP contribution is -3.15. The number of morpholine rings is 1. The summed E-state index contributed by atoms with van der Waals surface area (Å²) in [5.74, 6) is 0.870. The van der Waals surface area contributed by atoms with E-state index in [1.165, 1.54) is 0 Å². The first-order valence-corrected chi connectivity index (χ1v) is 8.38. The van der Waals surface area contributed by atoms with Crippen LogP contribution in [0.25, 0.3) is 0 Å². The quantitative estimate of drug-likeness (QED) is 0.750. The van der Waals surface area contributed by atoms with Crippen LogP contribution in [0.3, 0.4) is 0 Å². The van der Waals surface area contributed by atoms with Crippen molar-refractivity contribution in [3.63, 3.8) is 0 Å². The first-order chi connectivity index (χ1) is 10.1. The highest BCUT2D eigenvalue weighted by Gasteiger charge is 2.24. The van der Waals surface area contributed by atoms with Gasteiger partial charge in [0.1, 0.15) is 44.2 Å². The molecule has 0 saturated carbocycles. The van der Waals surface area contributed by atoms with Gasteiger partial charge in [-0.05, 0) is 32.0 Å². The van der Waals surface area contributed by atoms with Crippen molar-refractivity contribution in [1.29, 1.82) is 0 Å². The van der Waals surface area contributed by atoms with Crippen molar-refractivity contribution in [2.45, 2.75) is 26.1 Å². The second-order valence-corrected chi connectivity index (χ2v) is 6.50. The maximum absolute atomic E-state index is 5.73. The zero-order chi connectivity index (χ0) is 15.1. The van der Waals surface area contributed by atoms with Gasteiger partial charge in [-0.2, -0.15) is 0 Å². The summed E-state index contributed by atoms with van der Waals surface area (Å²) in [7, 11) is 0. The summed E-state index contributed by atoms with van der Waals surface area (Å²) in [6.07, 6.45) is 0.701. The van der Waals surface area contributed by atoms with Crippen LogP contribution in [0.15, 0.2) is 28.7 Å². The third-order valence-corrected chi connectivity index (χ3v) is 4.00. The van der Waals surface area contributed by atoms with Crippen molar-refractivity contribution in [2.75, 3.05) is 39.5 Å². The molecule has 0 amide bonds.